The molecular formula is C21H23NO3. The summed E-state index contributed by atoms with van der Waals surface area (Å²) < 4.78 is 0. The Hall–Kier alpha value is -2.62. The summed E-state index contributed by atoms with van der Waals surface area (Å²) in [6.45, 7) is 7.05. The van der Waals surface area contributed by atoms with Crippen molar-refractivity contribution in [3.05, 3.63) is 70.3 Å². The number of fused-ring (bicyclic) bond motifs is 1. The van der Waals surface area contributed by atoms with E-state index < -0.39 is 11.4 Å². The molecule has 4 nitrogen and oxygen atoms in total. The molecule has 1 aliphatic heterocycles. The molecule has 0 saturated carbocycles. The van der Waals surface area contributed by atoms with Gasteiger partial charge in [-0.15, -0.1) is 0 Å². The number of rotatable bonds is 3. The Kier molecular flexibility index (Phi) is 4.38. The van der Waals surface area contributed by atoms with E-state index in [0.29, 0.717) is 13.1 Å². The summed E-state index contributed by atoms with van der Waals surface area (Å²) in [6.07, 6.45) is 0.755. The lowest BCUT2D eigenvalue weighted by atomic mass is 9.82. The lowest BCUT2D eigenvalue weighted by Gasteiger charge is -2.35. The maximum atomic E-state index is 13.1. The molecule has 130 valence electrons. The number of carboxylic acids is 1. The Balaban J connectivity index is 1.85. The van der Waals surface area contributed by atoms with E-state index in [0.717, 1.165) is 23.1 Å². The number of carboxylic acid groups (broad SMARTS) is 1. The number of carbonyl (C=O) groups is 2. The number of benzene rings is 2. The van der Waals surface area contributed by atoms with Crippen LogP contribution in [0.1, 0.15) is 46.5 Å². The van der Waals surface area contributed by atoms with Gasteiger partial charge in [0.2, 0.25) is 5.91 Å². The van der Waals surface area contributed by atoms with E-state index in [2.05, 4.69) is 0 Å². The van der Waals surface area contributed by atoms with Gasteiger partial charge in [0.25, 0.3) is 0 Å². The molecule has 4 heteroatoms. The van der Waals surface area contributed by atoms with Crippen LogP contribution < -0.4 is 0 Å². The van der Waals surface area contributed by atoms with Crippen LogP contribution in [0.2, 0.25) is 0 Å². The molecule has 2 aromatic carbocycles. The Morgan fingerprint density at radius 3 is 2.36 bits per heavy atom. The standard InChI is InChI=1S/C21H23NO3/c1-14-4-8-18(9-5-14)21(2,3)20(25)22-11-10-15-6-7-16(19(23)24)12-17(15)13-22/h4-9,12H,10-11,13H2,1-3H3,(H,23,24). The van der Waals surface area contributed by atoms with E-state index in [1.54, 1.807) is 12.1 Å². The van der Waals surface area contributed by atoms with Crippen molar-refractivity contribution in [2.75, 3.05) is 6.54 Å². The minimum absolute atomic E-state index is 0.0720. The van der Waals surface area contributed by atoms with Crippen molar-refractivity contribution in [1.82, 2.24) is 4.90 Å². The zero-order chi connectivity index (χ0) is 18.2. The van der Waals surface area contributed by atoms with Crippen molar-refractivity contribution in [3.8, 4) is 0 Å². The molecule has 3 rings (SSSR count). The van der Waals surface area contributed by atoms with Crippen LogP contribution >= 0.6 is 0 Å². The third kappa shape index (κ3) is 3.29. The molecule has 2 aromatic rings. The van der Waals surface area contributed by atoms with Gasteiger partial charge >= 0.3 is 5.97 Å². The first kappa shape index (κ1) is 17.2. The fourth-order valence-electron chi connectivity index (χ4n) is 3.35. The highest BCUT2D eigenvalue weighted by Crippen LogP contribution is 2.29. The van der Waals surface area contributed by atoms with E-state index >= 15 is 0 Å². The SMILES string of the molecule is Cc1ccc(C(C)(C)C(=O)N2CCc3ccc(C(=O)O)cc3C2)cc1. The molecule has 1 amide bonds. The van der Waals surface area contributed by atoms with Crippen molar-refractivity contribution >= 4 is 11.9 Å². The number of carbonyl (C=O) groups excluding carboxylic acids is 1. The van der Waals surface area contributed by atoms with Crippen molar-refractivity contribution in [3.63, 3.8) is 0 Å². The van der Waals surface area contributed by atoms with E-state index in [9.17, 15) is 14.7 Å². The average molecular weight is 337 g/mol. The molecule has 0 radical (unpaired) electrons. The molecule has 0 bridgehead atoms. The summed E-state index contributed by atoms with van der Waals surface area (Å²) in [7, 11) is 0. The minimum atomic E-state index is -0.939. The third-order valence-electron chi connectivity index (χ3n) is 5.06. The van der Waals surface area contributed by atoms with Gasteiger partial charge in [-0.05, 0) is 56.0 Å². The van der Waals surface area contributed by atoms with Crippen LogP contribution in [0, 0.1) is 6.92 Å². The van der Waals surface area contributed by atoms with Gasteiger partial charge in [0.15, 0.2) is 0 Å². The van der Waals surface area contributed by atoms with Crippen LogP contribution in [0.3, 0.4) is 0 Å². The maximum absolute atomic E-state index is 13.1. The smallest absolute Gasteiger partial charge is 0.335 e. The van der Waals surface area contributed by atoms with E-state index in [1.165, 1.54) is 5.56 Å². The number of nitrogens with zero attached hydrogens (tertiary/aromatic N) is 1. The Labute approximate surface area is 148 Å². The molecular weight excluding hydrogens is 314 g/mol. The maximum Gasteiger partial charge on any atom is 0.335 e. The predicted molar refractivity (Wildman–Crippen MR) is 96.7 cm³/mol. The minimum Gasteiger partial charge on any atom is -0.478 e. The van der Waals surface area contributed by atoms with Crippen LogP contribution in [-0.2, 0) is 23.2 Å². The number of hydrogen-bond acceptors (Lipinski definition) is 2. The summed E-state index contributed by atoms with van der Waals surface area (Å²) >= 11 is 0. The monoisotopic (exact) mass is 337 g/mol. The van der Waals surface area contributed by atoms with Crippen molar-refractivity contribution < 1.29 is 14.7 Å². The molecule has 0 aromatic heterocycles. The normalized spacial score (nSPS) is 14.1. The van der Waals surface area contributed by atoms with E-state index in [-0.39, 0.29) is 11.5 Å². The van der Waals surface area contributed by atoms with Gasteiger partial charge in [0, 0.05) is 13.1 Å². The molecule has 0 atom stereocenters. The molecule has 0 saturated heterocycles. The van der Waals surface area contributed by atoms with Gasteiger partial charge in [-0.25, -0.2) is 4.79 Å². The van der Waals surface area contributed by atoms with Crippen molar-refractivity contribution in [2.24, 2.45) is 0 Å². The van der Waals surface area contributed by atoms with E-state index in [1.807, 2.05) is 56.0 Å². The van der Waals surface area contributed by atoms with Gasteiger partial charge in [-0.3, -0.25) is 4.79 Å². The zero-order valence-electron chi connectivity index (χ0n) is 14.9. The predicted octanol–water partition coefficient (Wildman–Crippen LogP) is 3.56. The van der Waals surface area contributed by atoms with Gasteiger partial charge in [-0.2, -0.15) is 0 Å². The fraction of sp³-hybridized carbons (Fsp3) is 0.333. The van der Waals surface area contributed by atoms with Crippen LogP contribution in [0.15, 0.2) is 42.5 Å². The molecule has 25 heavy (non-hydrogen) atoms. The first-order chi connectivity index (χ1) is 11.8. The summed E-state index contributed by atoms with van der Waals surface area (Å²) in [5.74, 6) is -0.867. The highest BCUT2D eigenvalue weighted by Gasteiger charge is 2.35. The van der Waals surface area contributed by atoms with Gasteiger partial charge < -0.3 is 10.0 Å². The molecule has 1 aliphatic rings. The highest BCUT2D eigenvalue weighted by molar-refractivity contribution is 5.89. The highest BCUT2D eigenvalue weighted by atomic mass is 16.4. The van der Waals surface area contributed by atoms with E-state index in [4.69, 9.17) is 0 Å². The van der Waals surface area contributed by atoms with Crippen LogP contribution in [0.4, 0.5) is 0 Å². The Morgan fingerprint density at radius 1 is 1.04 bits per heavy atom. The van der Waals surface area contributed by atoms with Gasteiger partial charge in [0.1, 0.15) is 0 Å². The average Bonchev–Trinajstić information content (AvgIpc) is 2.60. The summed E-state index contributed by atoms with van der Waals surface area (Å²) in [4.78, 5) is 26.2. The first-order valence-electron chi connectivity index (χ1n) is 8.50. The second-order valence-electron chi connectivity index (χ2n) is 7.26. The summed E-state index contributed by atoms with van der Waals surface area (Å²) in [6, 6.07) is 13.3. The van der Waals surface area contributed by atoms with Crippen molar-refractivity contribution in [2.45, 2.75) is 39.2 Å². The topological polar surface area (TPSA) is 57.6 Å². The second-order valence-corrected chi connectivity index (χ2v) is 7.26. The first-order valence-corrected chi connectivity index (χ1v) is 8.50. The fourth-order valence-corrected chi connectivity index (χ4v) is 3.35. The van der Waals surface area contributed by atoms with Crippen LogP contribution in [0.5, 0.6) is 0 Å². The summed E-state index contributed by atoms with van der Waals surface area (Å²) in [5, 5.41) is 9.18. The number of amides is 1. The molecule has 0 spiro atoms. The number of aromatic carboxylic acids is 1. The molecule has 0 fully saturated rings. The molecule has 0 aliphatic carbocycles. The van der Waals surface area contributed by atoms with Crippen LogP contribution in [0.25, 0.3) is 0 Å². The van der Waals surface area contributed by atoms with Crippen molar-refractivity contribution in [1.29, 1.82) is 0 Å². The quantitative estimate of drug-likeness (QED) is 0.932. The number of hydrogen-bond donors (Lipinski definition) is 1. The lowest BCUT2D eigenvalue weighted by molar-refractivity contribution is -0.137. The van der Waals surface area contributed by atoms with Gasteiger partial charge in [0.05, 0.1) is 11.0 Å². The molecule has 1 N–H and O–H groups in total. The molecule has 0 unspecified atom stereocenters. The van der Waals surface area contributed by atoms with Crippen LogP contribution in [-0.4, -0.2) is 28.4 Å². The molecule has 1 heterocycles. The number of aryl methyl sites for hydroxylation is 1. The Morgan fingerprint density at radius 2 is 1.72 bits per heavy atom. The zero-order valence-corrected chi connectivity index (χ0v) is 14.9. The Bertz CT molecular complexity index is 822. The second kappa shape index (κ2) is 6.36. The largest absolute Gasteiger partial charge is 0.478 e. The lowest BCUT2D eigenvalue weighted by Crippen LogP contribution is -2.45. The van der Waals surface area contributed by atoms with Gasteiger partial charge in [-0.1, -0.05) is 35.9 Å². The third-order valence-corrected chi connectivity index (χ3v) is 5.06. The summed E-state index contributed by atoms with van der Waals surface area (Å²) in [5.41, 5.74) is 3.87.